The highest BCUT2D eigenvalue weighted by atomic mass is 32.2. The predicted molar refractivity (Wildman–Crippen MR) is 138 cm³/mol. The van der Waals surface area contributed by atoms with Crippen LogP contribution in [0.5, 0.6) is 0 Å². The molecule has 3 aromatic heterocycles. The molecule has 1 saturated heterocycles. The number of nitrogen functional groups attached to an aromatic ring is 2. The number of fused-ring (bicyclic) bond motifs is 3. The zero-order valence-corrected chi connectivity index (χ0v) is 20.5. The molecule has 11 heteroatoms. The fraction of sp³-hybridized carbons (Fsp3) is 0.500. The first-order valence-corrected chi connectivity index (χ1v) is 13.3. The van der Waals surface area contributed by atoms with Gasteiger partial charge < -0.3 is 26.4 Å². The molecule has 5 N–H and O–H groups in total. The Hall–Kier alpha value is -2.18. The molecule has 0 aromatic carbocycles. The van der Waals surface area contributed by atoms with Crippen molar-refractivity contribution >= 4 is 50.8 Å². The Balaban J connectivity index is 1.67. The van der Waals surface area contributed by atoms with Crippen molar-refractivity contribution in [2.75, 3.05) is 68.6 Å². The molecule has 5 heterocycles. The molecule has 3 aromatic rings. The maximum Gasteiger partial charge on any atom is 0.219 e. The summed E-state index contributed by atoms with van der Waals surface area (Å²) in [5, 5.41) is 4.77. The quantitative estimate of drug-likeness (QED) is 0.476. The molecular formula is C22H30N8OS2. The van der Waals surface area contributed by atoms with Crippen LogP contribution in [0.4, 0.5) is 17.5 Å². The molecule has 0 saturated carbocycles. The van der Waals surface area contributed by atoms with Crippen molar-refractivity contribution in [3.63, 3.8) is 0 Å². The maximum atomic E-state index is 6.85. The van der Waals surface area contributed by atoms with Crippen molar-refractivity contribution in [1.29, 1.82) is 0 Å². The lowest BCUT2D eigenvalue weighted by Gasteiger charge is -2.29. The molecule has 33 heavy (non-hydrogen) atoms. The maximum absolute atomic E-state index is 6.85. The number of nitrogens with two attached hydrogens (primary N) is 2. The van der Waals surface area contributed by atoms with Crippen LogP contribution in [0.15, 0.2) is 12.4 Å². The Morgan fingerprint density at radius 1 is 1.12 bits per heavy atom. The first-order valence-electron chi connectivity index (χ1n) is 11.3. The average Bonchev–Trinajstić information content (AvgIpc) is 3.21. The van der Waals surface area contributed by atoms with E-state index in [4.69, 9.17) is 21.2 Å². The van der Waals surface area contributed by atoms with Crippen LogP contribution in [-0.2, 0) is 17.7 Å². The van der Waals surface area contributed by atoms with Crippen LogP contribution >= 0.6 is 23.3 Å². The van der Waals surface area contributed by atoms with E-state index in [0.29, 0.717) is 18.9 Å². The van der Waals surface area contributed by atoms with Crippen LogP contribution in [0.25, 0.3) is 21.3 Å². The normalized spacial score (nSPS) is 18.4. The monoisotopic (exact) mass is 486 g/mol. The summed E-state index contributed by atoms with van der Waals surface area (Å²) in [6, 6.07) is 0. The van der Waals surface area contributed by atoms with Gasteiger partial charge in [0, 0.05) is 67.5 Å². The highest BCUT2D eigenvalue weighted by Crippen LogP contribution is 2.44. The number of hydrogen-bond acceptors (Lipinski definition) is 11. The van der Waals surface area contributed by atoms with Crippen molar-refractivity contribution in [1.82, 2.24) is 24.6 Å². The molecule has 176 valence electrons. The molecule has 9 nitrogen and oxygen atoms in total. The number of aryl methyl sites for hydroxylation is 1. The van der Waals surface area contributed by atoms with Gasteiger partial charge in [-0.25, -0.2) is 19.3 Å². The molecule has 2 aliphatic rings. The van der Waals surface area contributed by atoms with E-state index in [2.05, 4.69) is 30.7 Å². The van der Waals surface area contributed by atoms with E-state index in [1.54, 1.807) is 12.4 Å². The minimum atomic E-state index is 0.240. The first kappa shape index (κ1) is 22.6. The van der Waals surface area contributed by atoms with E-state index in [-0.39, 0.29) is 5.95 Å². The number of pyridine rings is 1. The third-order valence-corrected chi connectivity index (χ3v) is 8.32. The average molecular weight is 487 g/mol. The highest BCUT2D eigenvalue weighted by molar-refractivity contribution is 7.96. The second-order valence-corrected chi connectivity index (χ2v) is 10.2. The predicted octanol–water partition coefficient (Wildman–Crippen LogP) is 2.37. The summed E-state index contributed by atoms with van der Waals surface area (Å²) in [4.78, 5) is 17.1. The van der Waals surface area contributed by atoms with Gasteiger partial charge in [0.1, 0.15) is 5.82 Å². The van der Waals surface area contributed by atoms with Gasteiger partial charge in [-0.05, 0) is 24.7 Å². The fourth-order valence-electron chi connectivity index (χ4n) is 4.50. The fourth-order valence-corrected chi connectivity index (χ4v) is 6.43. The number of morpholine rings is 1. The number of hydrogen-bond donors (Lipinski definition) is 3. The van der Waals surface area contributed by atoms with Crippen LogP contribution < -0.4 is 21.7 Å². The summed E-state index contributed by atoms with van der Waals surface area (Å²) < 4.78 is 9.20. The Kier molecular flexibility index (Phi) is 6.84. The molecule has 0 spiro atoms. The molecule has 5 rings (SSSR count). The Bertz CT molecular complexity index is 1110. The lowest BCUT2D eigenvalue weighted by molar-refractivity contribution is 0.122. The van der Waals surface area contributed by atoms with Crippen LogP contribution in [0.3, 0.4) is 0 Å². The number of aromatic nitrogens is 3. The molecule has 0 radical (unpaired) electrons. The Labute approximate surface area is 202 Å². The Morgan fingerprint density at radius 2 is 1.91 bits per heavy atom. The van der Waals surface area contributed by atoms with Gasteiger partial charge in [-0.2, -0.15) is 0 Å². The third-order valence-electron chi connectivity index (χ3n) is 6.21. The largest absolute Gasteiger partial charge is 0.396 e. The number of nitrogens with one attached hydrogen (secondary N) is 1. The van der Waals surface area contributed by atoms with E-state index < -0.39 is 0 Å². The number of thiophene rings is 1. The van der Waals surface area contributed by atoms with Crippen LogP contribution in [0.1, 0.15) is 16.9 Å². The van der Waals surface area contributed by atoms with Crippen molar-refractivity contribution in [2.24, 2.45) is 0 Å². The molecule has 0 unspecified atom stereocenters. The first-order chi connectivity index (χ1) is 16.2. The van der Waals surface area contributed by atoms with Crippen molar-refractivity contribution in [3.8, 4) is 11.3 Å². The summed E-state index contributed by atoms with van der Waals surface area (Å²) in [5.41, 5.74) is 16.1. The summed E-state index contributed by atoms with van der Waals surface area (Å²) in [7, 11) is 0. The van der Waals surface area contributed by atoms with E-state index >= 15 is 0 Å². The van der Waals surface area contributed by atoms with Gasteiger partial charge in [0.25, 0.3) is 0 Å². The Morgan fingerprint density at radius 3 is 2.67 bits per heavy atom. The van der Waals surface area contributed by atoms with Crippen molar-refractivity contribution in [2.45, 2.75) is 19.4 Å². The van der Waals surface area contributed by atoms with Gasteiger partial charge in [0.15, 0.2) is 0 Å². The van der Waals surface area contributed by atoms with E-state index in [1.165, 1.54) is 15.1 Å². The smallest absolute Gasteiger partial charge is 0.219 e. The molecule has 0 aliphatic carbocycles. The molecule has 0 atom stereocenters. The number of nitrogens with zero attached hydrogens (tertiary/aromatic N) is 5. The highest BCUT2D eigenvalue weighted by Gasteiger charge is 2.26. The van der Waals surface area contributed by atoms with Crippen LogP contribution in [0.2, 0.25) is 0 Å². The van der Waals surface area contributed by atoms with E-state index in [1.807, 2.05) is 23.3 Å². The second-order valence-electron chi connectivity index (χ2n) is 8.23. The molecule has 0 bridgehead atoms. The zero-order valence-electron chi connectivity index (χ0n) is 18.8. The molecular weight excluding hydrogens is 456 g/mol. The van der Waals surface area contributed by atoms with Crippen molar-refractivity contribution in [3.05, 3.63) is 22.8 Å². The third kappa shape index (κ3) is 4.60. The lowest BCUT2D eigenvalue weighted by atomic mass is 10.0. The topological polar surface area (TPSA) is 118 Å². The zero-order chi connectivity index (χ0) is 22.8. The number of ether oxygens (including phenoxy) is 1. The molecule has 0 amide bonds. The van der Waals surface area contributed by atoms with Gasteiger partial charge in [0.2, 0.25) is 5.95 Å². The standard InChI is InChI=1S/C22H30N8OS2/c1-32-30-5-2-3-15-16(13-25-4-6-30)33-20-17(15)18(23)19(14-11-26-22(24)27-12-14)28-21(20)29-7-9-31-10-8-29/h11-12,25H,2-10,13,23H2,1H3,(H2,24,26,27). The SMILES string of the molecule is CSN1CCCc2c(sc3c(N4CCOCC4)nc(-c4cnc(N)nc4)c(N)c23)CNCC1. The number of anilines is 3. The summed E-state index contributed by atoms with van der Waals surface area (Å²) in [5.74, 6) is 1.22. The van der Waals surface area contributed by atoms with Crippen LogP contribution in [-0.4, -0.2) is 71.5 Å². The molecule has 1 fully saturated rings. The van der Waals surface area contributed by atoms with Crippen molar-refractivity contribution < 1.29 is 4.74 Å². The van der Waals surface area contributed by atoms with Gasteiger partial charge in [-0.15, -0.1) is 11.3 Å². The minimum absolute atomic E-state index is 0.240. The minimum Gasteiger partial charge on any atom is -0.396 e. The second kappa shape index (κ2) is 9.98. The summed E-state index contributed by atoms with van der Waals surface area (Å²) in [6.45, 7) is 6.94. The molecule has 2 aliphatic heterocycles. The van der Waals surface area contributed by atoms with Gasteiger partial charge in [0.05, 0.1) is 29.3 Å². The van der Waals surface area contributed by atoms with Gasteiger partial charge in [-0.1, -0.05) is 11.9 Å². The summed E-state index contributed by atoms with van der Waals surface area (Å²) >= 11 is 3.64. The number of rotatable bonds is 3. The van der Waals surface area contributed by atoms with E-state index in [0.717, 1.165) is 74.6 Å². The van der Waals surface area contributed by atoms with Crippen LogP contribution in [0, 0.1) is 0 Å². The van der Waals surface area contributed by atoms with Gasteiger partial charge in [-0.3, -0.25) is 0 Å². The summed E-state index contributed by atoms with van der Waals surface area (Å²) in [6.07, 6.45) is 7.64. The van der Waals surface area contributed by atoms with E-state index in [9.17, 15) is 0 Å². The lowest BCUT2D eigenvalue weighted by Crippen LogP contribution is -2.36. The van der Waals surface area contributed by atoms with Gasteiger partial charge >= 0.3 is 0 Å².